The van der Waals surface area contributed by atoms with Gasteiger partial charge in [-0.2, -0.15) is 5.10 Å². The molecule has 20 heavy (non-hydrogen) atoms. The lowest BCUT2D eigenvalue weighted by atomic mass is 10.1. The van der Waals surface area contributed by atoms with Crippen LogP contribution in [-0.2, 0) is 0 Å². The molecule has 1 aromatic heterocycles. The topological polar surface area (TPSA) is 37.3 Å². The van der Waals surface area contributed by atoms with E-state index < -0.39 is 0 Å². The van der Waals surface area contributed by atoms with Gasteiger partial charge in [-0.1, -0.05) is 43.7 Å². The molecule has 0 atom stereocenters. The van der Waals surface area contributed by atoms with Crippen LogP contribution in [0.3, 0.4) is 0 Å². The maximum atomic E-state index is 4.63. The summed E-state index contributed by atoms with van der Waals surface area (Å²) < 4.78 is 0. The predicted octanol–water partition coefficient (Wildman–Crippen LogP) is 5.10. The van der Waals surface area contributed by atoms with E-state index in [-0.39, 0.29) is 0 Å². The van der Waals surface area contributed by atoms with Gasteiger partial charge < -0.3 is 0 Å². The molecule has 0 saturated heterocycles. The van der Waals surface area contributed by atoms with E-state index >= 15 is 0 Å². The van der Waals surface area contributed by atoms with Crippen molar-refractivity contribution in [2.24, 2.45) is 5.10 Å². The number of nitrogens with zero attached hydrogens (tertiary/aromatic N) is 2. The number of hydrogen-bond donors (Lipinski definition) is 1. The van der Waals surface area contributed by atoms with Crippen molar-refractivity contribution in [1.82, 2.24) is 4.98 Å². The highest BCUT2D eigenvalue weighted by atomic mass is 32.1. The molecular weight excluding hydrogens is 266 g/mol. The van der Waals surface area contributed by atoms with Crippen LogP contribution in [0.4, 0.5) is 5.13 Å². The molecule has 0 amide bonds. The molecule has 0 aliphatic carbocycles. The zero-order chi connectivity index (χ0) is 14.4. The molecule has 1 heterocycles. The molecule has 2 aromatic rings. The Balaban J connectivity index is 2.08. The van der Waals surface area contributed by atoms with Crippen LogP contribution in [0.2, 0.25) is 0 Å². The number of benzene rings is 1. The highest BCUT2D eigenvalue weighted by molar-refractivity contribution is 7.15. The molecule has 106 valence electrons. The second-order valence-electron chi connectivity index (χ2n) is 4.85. The summed E-state index contributed by atoms with van der Waals surface area (Å²) in [6.07, 6.45) is 3.42. The van der Waals surface area contributed by atoms with E-state index in [1.54, 1.807) is 11.3 Å². The van der Waals surface area contributed by atoms with Crippen molar-refractivity contribution in [2.45, 2.75) is 40.0 Å². The van der Waals surface area contributed by atoms with Crippen molar-refractivity contribution >= 4 is 22.2 Å². The van der Waals surface area contributed by atoms with Crippen LogP contribution in [0.25, 0.3) is 11.3 Å². The van der Waals surface area contributed by atoms with Crippen LogP contribution in [0.1, 0.15) is 38.0 Å². The molecule has 0 fully saturated rings. The van der Waals surface area contributed by atoms with Crippen LogP contribution in [0.15, 0.2) is 35.4 Å². The molecule has 2 rings (SSSR count). The highest BCUT2D eigenvalue weighted by Gasteiger charge is 2.08. The van der Waals surface area contributed by atoms with Crippen molar-refractivity contribution in [1.29, 1.82) is 0 Å². The zero-order valence-electron chi connectivity index (χ0n) is 12.3. The molecule has 4 heteroatoms. The monoisotopic (exact) mass is 287 g/mol. The Hall–Kier alpha value is -1.68. The minimum atomic E-state index is 0.859. The number of aryl methyl sites for hydroxylation is 1. The van der Waals surface area contributed by atoms with E-state index in [2.05, 4.69) is 48.4 Å². The molecule has 0 aliphatic rings. The van der Waals surface area contributed by atoms with E-state index in [1.165, 1.54) is 17.7 Å². The molecule has 1 aromatic carbocycles. The second-order valence-corrected chi connectivity index (χ2v) is 6.06. The van der Waals surface area contributed by atoms with E-state index in [4.69, 9.17) is 0 Å². The third-order valence-corrected chi connectivity index (χ3v) is 3.95. The summed E-state index contributed by atoms with van der Waals surface area (Å²) in [6.45, 7) is 6.34. The van der Waals surface area contributed by atoms with E-state index in [9.17, 15) is 0 Å². The minimum absolute atomic E-state index is 0.859. The lowest BCUT2D eigenvalue weighted by Crippen LogP contribution is -1.97. The minimum Gasteiger partial charge on any atom is -0.253 e. The van der Waals surface area contributed by atoms with Crippen LogP contribution in [-0.4, -0.2) is 10.7 Å². The van der Waals surface area contributed by atoms with Crippen LogP contribution in [0.5, 0.6) is 0 Å². The average molecular weight is 287 g/mol. The smallest absolute Gasteiger partial charge is 0.204 e. The molecule has 0 unspecified atom stereocenters. The Morgan fingerprint density at radius 2 is 2.05 bits per heavy atom. The fraction of sp³-hybridized carbons (Fsp3) is 0.375. The maximum absolute atomic E-state index is 4.63. The molecule has 3 nitrogen and oxygen atoms in total. The SMILES string of the molecule is CCCC/C(C)=N/Nc1nc(-c2ccccc2)c(C)s1. The van der Waals surface area contributed by atoms with Gasteiger partial charge >= 0.3 is 0 Å². The molecule has 0 bridgehead atoms. The first-order valence-electron chi connectivity index (χ1n) is 7.02. The number of rotatable bonds is 6. The number of hydrazone groups is 1. The Morgan fingerprint density at radius 3 is 2.75 bits per heavy atom. The molecular formula is C16H21N3S. The molecule has 0 radical (unpaired) electrons. The molecule has 0 saturated carbocycles. The largest absolute Gasteiger partial charge is 0.253 e. The summed E-state index contributed by atoms with van der Waals surface area (Å²) in [5.74, 6) is 0. The zero-order valence-corrected chi connectivity index (χ0v) is 13.1. The van der Waals surface area contributed by atoms with E-state index in [1.807, 2.05) is 18.2 Å². The summed E-state index contributed by atoms with van der Waals surface area (Å²) in [5, 5.41) is 5.25. The van der Waals surface area contributed by atoms with Crippen LogP contribution < -0.4 is 5.43 Å². The first-order valence-corrected chi connectivity index (χ1v) is 7.84. The summed E-state index contributed by atoms with van der Waals surface area (Å²) in [6, 6.07) is 10.3. The third kappa shape index (κ3) is 3.90. The van der Waals surface area contributed by atoms with Gasteiger partial charge in [0.05, 0.1) is 5.69 Å². The van der Waals surface area contributed by atoms with Gasteiger partial charge in [0.1, 0.15) is 0 Å². The molecule has 0 spiro atoms. The maximum Gasteiger partial charge on any atom is 0.204 e. The number of nitrogens with one attached hydrogen (secondary N) is 1. The second kappa shape index (κ2) is 7.20. The summed E-state index contributed by atoms with van der Waals surface area (Å²) >= 11 is 1.65. The van der Waals surface area contributed by atoms with Crippen molar-refractivity contribution in [2.75, 3.05) is 5.43 Å². The Kier molecular flexibility index (Phi) is 5.30. The fourth-order valence-electron chi connectivity index (χ4n) is 1.94. The normalized spacial score (nSPS) is 11.7. The Bertz CT molecular complexity index is 573. The lowest BCUT2D eigenvalue weighted by Gasteiger charge is -1.99. The Labute approximate surface area is 124 Å². The van der Waals surface area contributed by atoms with Gasteiger partial charge in [0.2, 0.25) is 5.13 Å². The Morgan fingerprint density at radius 1 is 1.30 bits per heavy atom. The third-order valence-electron chi connectivity index (χ3n) is 3.08. The molecule has 0 aliphatic heterocycles. The van der Waals surface area contributed by atoms with Crippen LogP contribution in [0, 0.1) is 6.92 Å². The average Bonchev–Trinajstić information content (AvgIpc) is 2.85. The van der Waals surface area contributed by atoms with Gasteiger partial charge in [-0.3, -0.25) is 5.43 Å². The van der Waals surface area contributed by atoms with Gasteiger partial charge in [0.25, 0.3) is 0 Å². The number of anilines is 1. The van der Waals surface area contributed by atoms with Crippen molar-refractivity contribution in [3.63, 3.8) is 0 Å². The summed E-state index contributed by atoms with van der Waals surface area (Å²) in [5.41, 5.74) is 6.40. The number of aromatic nitrogens is 1. The van der Waals surface area contributed by atoms with Gasteiger partial charge in [-0.05, 0) is 26.7 Å². The van der Waals surface area contributed by atoms with Crippen molar-refractivity contribution in [3.05, 3.63) is 35.2 Å². The summed E-state index contributed by atoms with van der Waals surface area (Å²) in [7, 11) is 0. The highest BCUT2D eigenvalue weighted by Crippen LogP contribution is 2.30. The number of thiazole rings is 1. The van der Waals surface area contributed by atoms with E-state index in [0.717, 1.165) is 28.5 Å². The quantitative estimate of drug-likeness (QED) is 0.593. The van der Waals surface area contributed by atoms with Crippen LogP contribution >= 0.6 is 11.3 Å². The van der Waals surface area contributed by atoms with Gasteiger partial charge in [-0.25, -0.2) is 4.98 Å². The van der Waals surface area contributed by atoms with Crippen molar-refractivity contribution in [3.8, 4) is 11.3 Å². The first-order chi connectivity index (χ1) is 9.70. The number of unbranched alkanes of at least 4 members (excludes halogenated alkanes) is 1. The predicted molar refractivity (Wildman–Crippen MR) is 88.5 cm³/mol. The standard InChI is InChI=1S/C16H21N3S/c1-4-5-9-12(2)18-19-16-17-15(13(3)20-16)14-10-7-6-8-11-14/h6-8,10-11H,4-5,9H2,1-3H3,(H,17,19)/b18-12+. The van der Waals surface area contributed by atoms with E-state index in [0.29, 0.717) is 0 Å². The van der Waals surface area contributed by atoms with Gasteiger partial charge in [0, 0.05) is 16.2 Å². The lowest BCUT2D eigenvalue weighted by molar-refractivity contribution is 0.832. The first kappa shape index (κ1) is 14.7. The van der Waals surface area contributed by atoms with Gasteiger partial charge in [0.15, 0.2) is 0 Å². The molecule has 1 N–H and O–H groups in total. The summed E-state index contributed by atoms with van der Waals surface area (Å²) in [4.78, 5) is 5.84. The van der Waals surface area contributed by atoms with Crippen molar-refractivity contribution < 1.29 is 0 Å². The van der Waals surface area contributed by atoms with Gasteiger partial charge in [-0.15, -0.1) is 11.3 Å². The number of hydrogen-bond acceptors (Lipinski definition) is 4. The fourth-order valence-corrected chi connectivity index (χ4v) is 2.72.